The van der Waals surface area contributed by atoms with Gasteiger partial charge in [0.05, 0.1) is 7.11 Å². The summed E-state index contributed by atoms with van der Waals surface area (Å²) in [5, 5.41) is 9.40. The Morgan fingerprint density at radius 1 is 1.30 bits per heavy atom. The van der Waals surface area contributed by atoms with Crippen LogP contribution >= 0.6 is 0 Å². The third kappa shape index (κ3) is 3.12. The highest BCUT2D eigenvalue weighted by Gasteiger charge is 2.24. The summed E-state index contributed by atoms with van der Waals surface area (Å²) < 4.78 is 5.25. The summed E-state index contributed by atoms with van der Waals surface area (Å²) in [4.78, 5) is 19.7. The zero-order valence-corrected chi connectivity index (χ0v) is 11.4. The van der Waals surface area contributed by atoms with Crippen molar-refractivity contribution in [2.24, 2.45) is 0 Å². The topological polar surface area (TPSA) is 72.3 Å². The molecule has 1 unspecified atom stereocenters. The molecule has 0 spiro atoms. The van der Waals surface area contributed by atoms with Gasteiger partial charge >= 0.3 is 5.97 Å². The number of benzene rings is 1. The first kappa shape index (κ1) is 14.0. The molecule has 2 rings (SSSR count). The number of aromatic nitrogens is 2. The number of carboxylic acids is 1. The van der Waals surface area contributed by atoms with Gasteiger partial charge in [0, 0.05) is 12.4 Å². The minimum atomic E-state index is -0.945. The van der Waals surface area contributed by atoms with Crippen molar-refractivity contribution in [1.82, 2.24) is 9.97 Å². The van der Waals surface area contributed by atoms with Gasteiger partial charge in [0.1, 0.15) is 17.5 Å². The van der Waals surface area contributed by atoms with Crippen LogP contribution in [-0.2, 0) is 11.2 Å². The average Bonchev–Trinajstić information content (AvgIpc) is 2.46. The van der Waals surface area contributed by atoms with E-state index < -0.39 is 11.9 Å². The number of carboxylic acid groups (broad SMARTS) is 1. The Kier molecular flexibility index (Phi) is 4.30. The summed E-state index contributed by atoms with van der Waals surface area (Å²) in [7, 11) is 1.57. The smallest absolute Gasteiger partial charge is 0.314 e. The van der Waals surface area contributed by atoms with Crippen molar-refractivity contribution < 1.29 is 14.6 Å². The van der Waals surface area contributed by atoms with Crippen LogP contribution in [0.2, 0.25) is 0 Å². The fraction of sp³-hybridized carbons (Fsp3) is 0.267. The van der Waals surface area contributed by atoms with E-state index in [0.29, 0.717) is 18.0 Å². The monoisotopic (exact) mass is 272 g/mol. The zero-order valence-electron chi connectivity index (χ0n) is 11.4. The van der Waals surface area contributed by atoms with Gasteiger partial charge in [0.2, 0.25) is 0 Å². The number of aliphatic carboxylic acids is 1. The summed E-state index contributed by atoms with van der Waals surface area (Å²) in [6.07, 6.45) is 3.55. The fourth-order valence-corrected chi connectivity index (χ4v) is 1.96. The van der Waals surface area contributed by atoms with Gasteiger partial charge in [-0.25, -0.2) is 9.97 Å². The molecule has 5 nitrogen and oxygen atoms in total. The number of para-hydroxylation sites is 1. The Morgan fingerprint density at radius 3 is 2.55 bits per heavy atom. The Morgan fingerprint density at radius 2 is 1.95 bits per heavy atom. The molecule has 104 valence electrons. The number of hydrogen-bond donors (Lipinski definition) is 1. The lowest BCUT2D eigenvalue weighted by Crippen LogP contribution is -2.17. The predicted octanol–water partition coefficient (Wildman–Crippen LogP) is 2.20. The van der Waals surface area contributed by atoms with Crippen molar-refractivity contribution in [2.75, 3.05) is 7.11 Å². The van der Waals surface area contributed by atoms with E-state index in [1.807, 2.05) is 31.2 Å². The number of carbonyl (C=O) groups is 1. The highest BCUT2D eigenvalue weighted by molar-refractivity contribution is 5.75. The SMILES string of the molecule is COc1ccccc1CC(C(=O)O)c1ncc(C)cn1. The fourth-order valence-electron chi connectivity index (χ4n) is 1.96. The highest BCUT2D eigenvalue weighted by Crippen LogP contribution is 2.25. The molecule has 1 aromatic carbocycles. The Labute approximate surface area is 117 Å². The highest BCUT2D eigenvalue weighted by atomic mass is 16.5. The lowest BCUT2D eigenvalue weighted by molar-refractivity contribution is -0.139. The van der Waals surface area contributed by atoms with Gasteiger partial charge in [-0.2, -0.15) is 0 Å². The Balaban J connectivity index is 2.30. The molecule has 0 aliphatic heterocycles. The van der Waals surface area contributed by atoms with E-state index in [4.69, 9.17) is 4.74 Å². The Hall–Kier alpha value is -2.43. The van der Waals surface area contributed by atoms with Crippen molar-refractivity contribution in [3.63, 3.8) is 0 Å². The van der Waals surface area contributed by atoms with Crippen LogP contribution in [0.25, 0.3) is 0 Å². The van der Waals surface area contributed by atoms with Crippen molar-refractivity contribution in [3.8, 4) is 5.75 Å². The molecule has 0 aliphatic rings. The quantitative estimate of drug-likeness (QED) is 0.903. The van der Waals surface area contributed by atoms with E-state index >= 15 is 0 Å². The summed E-state index contributed by atoms with van der Waals surface area (Å²) in [5.74, 6) is -0.744. The van der Waals surface area contributed by atoms with Crippen LogP contribution in [0.15, 0.2) is 36.7 Å². The van der Waals surface area contributed by atoms with E-state index in [2.05, 4.69) is 9.97 Å². The number of nitrogens with zero attached hydrogens (tertiary/aromatic N) is 2. The standard InChI is InChI=1S/C15H16N2O3/c1-10-8-16-14(17-9-10)12(15(18)19)7-11-5-3-4-6-13(11)20-2/h3-6,8-9,12H,7H2,1-2H3,(H,18,19). The molecule has 0 bridgehead atoms. The van der Waals surface area contributed by atoms with E-state index in [1.165, 1.54) is 0 Å². The number of rotatable bonds is 5. The minimum absolute atomic E-state index is 0.294. The van der Waals surface area contributed by atoms with Gasteiger partial charge < -0.3 is 9.84 Å². The maximum atomic E-state index is 11.5. The molecule has 0 saturated carbocycles. The van der Waals surface area contributed by atoms with Gasteiger partial charge in [0.15, 0.2) is 0 Å². The molecule has 0 fully saturated rings. The molecule has 1 aromatic heterocycles. The van der Waals surface area contributed by atoms with Crippen molar-refractivity contribution in [2.45, 2.75) is 19.3 Å². The molecule has 2 aromatic rings. The third-order valence-corrected chi connectivity index (χ3v) is 3.03. The van der Waals surface area contributed by atoms with Gasteiger partial charge in [-0.3, -0.25) is 4.79 Å². The van der Waals surface area contributed by atoms with Gasteiger partial charge in [-0.15, -0.1) is 0 Å². The van der Waals surface area contributed by atoms with E-state index in [9.17, 15) is 9.90 Å². The molecular weight excluding hydrogens is 256 g/mol. The van der Waals surface area contributed by atoms with E-state index in [1.54, 1.807) is 19.5 Å². The molecular formula is C15H16N2O3. The predicted molar refractivity (Wildman–Crippen MR) is 73.8 cm³/mol. The molecule has 0 amide bonds. The Bertz CT molecular complexity index is 596. The van der Waals surface area contributed by atoms with Crippen LogP contribution in [0.5, 0.6) is 5.75 Å². The summed E-state index contributed by atoms with van der Waals surface area (Å²) >= 11 is 0. The van der Waals surface area contributed by atoms with Crippen LogP contribution in [-0.4, -0.2) is 28.2 Å². The van der Waals surface area contributed by atoms with E-state index in [0.717, 1.165) is 11.1 Å². The molecule has 0 aliphatic carbocycles. The lowest BCUT2D eigenvalue weighted by atomic mass is 9.98. The molecule has 1 atom stereocenters. The van der Waals surface area contributed by atoms with Crippen LogP contribution in [0.3, 0.4) is 0 Å². The first-order chi connectivity index (χ1) is 9.61. The third-order valence-electron chi connectivity index (χ3n) is 3.03. The molecule has 20 heavy (non-hydrogen) atoms. The first-order valence-corrected chi connectivity index (χ1v) is 6.25. The summed E-state index contributed by atoms with van der Waals surface area (Å²) in [6.45, 7) is 1.86. The molecule has 0 radical (unpaired) electrons. The zero-order chi connectivity index (χ0) is 14.5. The largest absolute Gasteiger partial charge is 0.496 e. The maximum absolute atomic E-state index is 11.5. The molecule has 1 N–H and O–H groups in total. The van der Waals surface area contributed by atoms with Crippen LogP contribution < -0.4 is 4.74 Å². The normalized spacial score (nSPS) is 11.9. The number of methoxy groups -OCH3 is 1. The molecule has 0 saturated heterocycles. The van der Waals surface area contributed by atoms with Crippen molar-refractivity contribution >= 4 is 5.97 Å². The van der Waals surface area contributed by atoms with Gasteiger partial charge in [0.25, 0.3) is 0 Å². The number of hydrogen-bond acceptors (Lipinski definition) is 4. The first-order valence-electron chi connectivity index (χ1n) is 6.25. The maximum Gasteiger partial charge on any atom is 0.314 e. The van der Waals surface area contributed by atoms with Crippen LogP contribution in [0, 0.1) is 6.92 Å². The van der Waals surface area contributed by atoms with Crippen LogP contribution in [0.4, 0.5) is 0 Å². The summed E-state index contributed by atoms with van der Waals surface area (Å²) in [5.41, 5.74) is 1.72. The second-order valence-electron chi connectivity index (χ2n) is 4.53. The molecule has 5 heteroatoms. The number of aryl methyl sites for hydroxylation is 1. The van der Waals surface area contributed by atoms with Crippen molar-refractivity contribution in [1.29, 1.82) is 0 Å². The second-order valence-corrected chi connectivity index (χ2v) is 4.53. The summed E-state index contributed by atoms with van der Waals surface area (Å²) in [6, 6.07) is 7.36. The van der Waals surface area contributed by atoms with E-state index in [-0.39, 0.29) is 0 Å². The van der Waals surface area contributed by atoms with Gasteiger partial charge in [-0.05, 0) is 30.5 Å². The minimum Gasteiger partial charge on any atom is -0.496 e. The second kappa shape index (κ2) is 6.14. The van der Waals surface area contributed by atoms with Gasteiger partial charge in [-0.1, -0.05) is 18.2 Å². The molecule has 1 heterocycles. The number of ether oxygens (including phenoxy) is 1. The van der Waals surface area contributed by atoms with Crippen molar-refractivity contribution in [3.05, 3.63) is 53.6 Å². The lowest BCUT2D eigenvalue weighted by Gasteiger charge is -2.13. The average molecular weight is 272 g/mol. The van der Waals surface area contributed by atoms with Crippen LogP contribution in [0.1, 0.15) is 22.9 Å².